The van der Waals surface area contributed by atoms with Crippen molar-refractivity contribution < 1.29 is 0 Å². The molecule has 132 valence electrons. The van der Waals surface area contributed by atoms with Gasteiger partial charge in [-0.3, -0.25) is 0 Å². The van der Waals surface area contributed by atoms with Crippen molar-refractivity contribution in [1.82, 2.24) is 9.80 Å². The highest BCUT2D eigenvalue weighted by Crippen LogP contribution is 2.12. The molecule has 22 heavy (non-hydrogen) atoms. The summed E-state index contributed by atoms with van der Waals surface area (Å²) in [6, 6.07) is 0. The van der Waals surface area contributed by atoms with Crippen molar-refractivity contribution >= 4 is 24.0 Å². The van der Waals surface area contributed by atoms with Crippen LogP contribution in [-0.4, -0.2) is 29.6 Å². The summed E-state index contributed by atoms with van der Waals surface area (Å²) in [6.07, 6.45) is 21.3. The second-order valence-electron chi connectivity index (χ2n) is 6.60. The van der Waals surface area contributed by atoms with Gasteiger partial charge in [0, 0.05) is 25.5 Å². The molecular formula is C19H39IN2. The minimum atomic E-state index is 0. The van der Waals surface area contributed by atoms with E-state index in [9.17, 15) is 0 Å². The fourth-order valence-electron chi connectivity index (χ4n) is 3.00. The summed E-state index contributed by atoms with van der Waals surface area (Å²) in [5.74, 6) is 0. The third kappa shape index (κ3) is 11.6. The second kappa shape index (κ2) is 15.9. The summed E-state index contributed by atoms with van der Waals surface area (Å²) in [5, 5.41) is 0. The van der Waals surface area contributed by atoms with Crippen molar-refractivity contribution in [3.63, 3.8) is 0 Å². The van der Waals surface area contributed by atoms with Crippen molar-refractivity contribution in [2.45, 2.75) is 90.9 Å². The molecule has 0 spiro atoms. The van der Waals surface area contributed by atoms with E-state index in [1.807, 2.05) is 0 Å². The van der Waals surface area contributed by atoms with Crippen LogP contribution in [0.4, 0.5) is 0 Å². The zero-order chi connectivity index (χ0) is 15.2. The molecule has 0 aliphatic carbocycles. The zero-order valence-corrected chi connectivity index (χ0v) is 17.4. The average molecular weight is 422 g/mol. The van der Waals surface area contributed by atoms with Crippen LogP contribution < -0.4 is 0 Å². The molecule has 0 fully saturated rings. The monoisotopic (exact) mass is 422 g/mol. The lowest BCUT2D eigenvalue weighted by Crippen LogP contribution is -2.26. The summed E-state index contributed by atoms with van der Waals surface area (Å²) in [5.41, 5.74) is 0. The van der Waals surface area contributed by atoms with Gasteiger partial charge in [0.1, 0.15) is 0 Å². The lowest BCUT2D eigenvalue weighted by Gasteiger charge is -2.21. The Bertz CT molecular complexity index is 232. The lowest BCUT2D eigenvalue weighted by atomic mass is 10.1. The molecule has 0 bridgehead atoms. The van der Waals surface area contributed by atoms with Gasteiger partial charge >= 0.3 is 0 Å². The Hall–Kier alpha value is 0.0700. The maximum absolute atomic E-state index is 2.48. The number of unbranched alkanes of at least 4 members (excludes halogenated alkanes) is 10. The quantitative estimate of drug-likeness (QED) is 0.237. The van der Waals surface area contributed by atoms with Crippen LogP contribution in [0.3, 0.4) is 0 Å². The maximum Gasteiger partial charge on any atom is 0.0893 e. The SMILES string of the molecule is CCCCCCCCN1C=CN(CCCCCCCC)C1.I. The van der Waals surface area contributed by atoms with Crippen molar-refractivity contribution in [1.29, 1.82) is 0 Å². The predicted molar refractivity (Wildman–Crippen MR) is 110 cm³/mol. The summed E-state index contributed by atoms with van der Waals surface area (Å²) in [6.45, 7) is 8.19. The number of halogens is 1. The van der Waals surface area contributed by atoms with E-state index < -0.39 is 0 Å². The van der Waals surface area contributed by atoms with Crippen LogP contribution in [0.1, 0.15) is 90.9 Å². The first-order valence-corrected chi connectivity index (χ1v) is 9.53. The Morgan fingerprint density at radius 2 is 0.955 bits per heavy atom. The van der Waals surface area contributed by atoms with Crippen LogP contribution in [0.2, 0.25) is 0 Å². The van der Waals surface area contributed by atoms with E-state index >= 15 is 0 Å². The smallest absolute Gasteiger partial charge is 0.0893 e. The molecule has 1 aliphatic rings. The van der Waals surface area contributed by atoms with E-state index in [1.165, 1.54) is 90.1 Å². The highest BCUT2D eigenvalue weighted by atomic mass is 127. The standard InChI is InChI=1S/C19H38N2.HI/c1-3-5-7-9-11-13-15-20-17-18-21(19-20)16-14-12-10-8-6-4-2;/h17-18H,3-16,19H2,1-2H3;1H. The van der Waals surface area contributed by atoms with E-state index in [1.54, 1.807) is 0 Å². The van der Waals surface area contributed by atoms with Gasteiger partial charge < -0.3 is 9.80 Å². The Balaban J connectivity index is 0.00000441. The Kier molecular flexibility index (Phi) is 16.0. The lowest BCUT2D eigenvalue weighted by molar-refractivity contribution is 0.257. The van der Waals surface area contributed by atoms with Crippen molar-refractivity contribution in [3.8, 4) is 0 Å². The first-order chi connectivity index (χ1) is 10.4. The van der Waals surface area contributed by atoms with Gasteiger partial charge in [0.05, 0.1) is 6.67 Å². The van der Waals surface area contributed by atoms with Gasteiger partial charge in [-0.15, -0.1) is 24.0 Å². The third-order valence-corrected chi connectivity index (χ3v) is 4.45. The minimum absolute atomic E-state index is 0. The van der Waals surface area contributed by atoms with Gasteiger partial charge in [0.15, 0.2) is 0 Å². The van der Waals surface area contributed by atoms with E-state index in [4.69, 9.17) is 0 Å². The zero-order valence-electron chi connectivity index (χ0n) is 15.1. The van der Waals surface area contributed by atoms with Gasteiger partial charge in [-0.2, -0.15) is 0 Å². The molecule has 0 radical (unpaired) electrons. The topological polar surface area (TPSA) is 6.48 Å². The van der Waals surface area contributed by atoms with Crippen LogP contribution in [-0.2, 0) is 0 Å². The molecule has 0 saturated carbocycles. The molecule has 0 N–H and O–H groups in total. The van der Waals surface area contributed by atoms with Crippen molar-refractivity contribution in [2.75, 3.05) is 19.8 Å². The molecule has 1 heterocycles. The van der Waals surface area contributed by atoms with Gasteiger partial charge in [0.2, 0.25) is 0 Å². The first-order valence-electron chi connectivity index (χ1n) is 9.53. The largest absolute Gasteiger partial charge is 0.359 e. The molecule has 0 aromatic heterocycles. The first kappa shape index (κ1) is 22.1. The molecule has 3 heteroatoms. The van der Waals surface area contributed by atoms with E-state index in [0.717, 1.165) is 6.67 Å². The third-order valence-electron chi connectivity index (χ3n) is 4.45. The fraction of sp³-hybridized carbons (Fsp3) is 0.895. The highest BCUT2D eigenvalue weighted by Gasteiger charge is 2.10. The summed E-state index contributed by atoms with van der Waals surface area (Å²) < 4.78 is 0. The Labute approximate surface area is 156 Å². The molecule has 1 aliphatic heterocycles. The summed E-state index contributed by atoms with van der Waals surface area (Å²) >= 11 is 0. The molecule has 0 unspecified atom stereocenters. The number of rotatable bonds is 14. The number of hydrogen-bond donors (Lipinski definition) is 0. The molecular weight excluding hydrogens is 383 g/mol. The molecule has 1 rings (SSSR count). The predicted octanol–water partition coefficient (Wildman–Crippen LogP) is 6.37. The Morgan fingerprint density at radius 1 is 0.591 bits per heavy atom. The van der Waals surface area contributed by atoms with Gasteiger partial charge in [-0.05, 0) is 12.8 Å². The normalized spacial score (nSPS) is 13.7. The number of hydrogen-bond acceptors (Lipinski definition) is 2. The van der Waals surface area contributed by atoms with Gasteiger partial charge in [0.25, 0.3) is 0 Å². The van der Waals surface area contributed by atoms with Crippen molar-refractivity contribution in [2.24, 2.45) is 0 Å². The molecule has 2 nitrogen and oxygen atoms in total. The average Bonchev–Trinajstić information content (AvgIpc) is 2.94. The summed E-state index contributed by atoms with van der Waals surface area (Å²) in [4.78, 5) is 4.97. The Morgan fingerprint density at radius 3 is 1.36 bits per heavy atom. The van der Waals surface area contributed by atoms with Crippen LogP contribution >= 0.6 is 24.0 Å². The second-order valence-corrected chi connectivity index (χ2v) is 6.60. The number of nitrogens with zero attached hydrogens (tertiary/aromatic N) is 2. The van der Waals surface area contributed by atoms with E-state index in [-0.39, 0.29) is 24.0 Å². The van der Waals surface area contributed by atoms with Crippen LogP contribution in [0.25, 0.3) is 0 Å². The molecule has 0 amide bonds. The van der Waals surface area contributed by atoms with E-state index in [2.05, 4.69) is 36.0 Å². The van der Waals surface area contributed by atoms with Gasteiger partial charge in [-0.1, -0.05) is 78.1 Å². The van der Waals surface area contributed by atoms with Crippen LogP contribution in [0.15, 0.2) is 12.4 Å². The maximum atomic E-state index is 2.48. The molecule has 0 atom stereocenters. The fourth-order valence-corrected chi connectivity index (χ4v) is 3.00. The molecule has 0 saturated heterocycles. The van der Waals surface area contributed by atoms with Crippen LogP contribution in [0, 0.1) is 0 Å². The minimum Gasteiger partial charge on any atom is -0.359 e. The van der Waals surface area contributed by atoms with Gasteiger partial charge in [-0.25, -0.2) is 0 Å². The highest BCUT2D eigenvalue weighted by molar-refractivity contribution is 14.0. The summed E-state index contributed by atoms with van der Waals surface area (Å²) in [7, 11) is 0. The van der Waals surface area contributed by atoms with Crippen LogP contribution in [0.5, 0.6) is 0 Å². The van der Waals surface area contributed by atoms with E-state index in [0.29, 0.717) is 0 Å². The van der Waals surface area contributed by atoms with Crippen molar-refractivity contribution in [3.05, 3.63) is 12.4 Å². The molecule has 0 aromatic carbocycles. The molecule has 0 aromatic rings.